The van der Waals surface area contributed by atoms with E-state index in [1.165, 1.54) is 4.57 Å². The van der Waals surface area contributed by atoms with E-state index < -0.39 is 17.7 Å². The highest BCUT2D eigenvalue weighted by Crippen LogP contribution is 2.28. The topological polar surface area (TPSA) is 93.5 Å². The lowest BCUT2D eigenvalue weighted by Crippen LogP contribution is -2.45. The number of aryl methyl sites for hydroxylation is 1. The number of hydrogen-bond donors (Lipinski definition) is 1. The van der Waals surface area contributed by atoms with Crippen LogP contribution in [0.5, 0.6) is 0 Å². The first-order valence-corrected chi connectivity index (χ1v) is 11.6. The van der Waals surface area contributed by atoms with Gasteiger partial charge >= 0.3 is 6.09 Å². The summed E-state index contributed by atoms with van der Waals surface area (Å²) in [6.07, 6.45) is 2.21. The monoisotopic (exact) mass is 452 g/mol. The summed E-state index contributed by atoms with van der Waals surface area (Å²) in [6.45, 7) is 8.40. The fourth-order valence-electron chi connectivity index (χ4n) is 4.12. The molecule has 1 fully saturated rings. The Morgan fingerprint density at radius 2 is 1.91 bits per heavy atom. The highest BCUT2D eigenvalue weighted by molar-refractivity contribution is 5.83. The number of carbonyl (C=O) groups excluding carboxylic acids is 2. The van der Waals surface area contributed by atoms with Gasteiger partial charge in [0.15, 0.2) is 0 Å². The van der Waals surface area contributed by atoms with E-state index in [0.717, 1.165) is 18.4 Å². The van der Waals surface area contributed by atoms with E-state index in [0.29, 0.717) is 42.5 Å². The van der Waals surface area contributed by atoms with E-state index >= 15 is 0 Å². The molecule has 176 valence electrons. The Labute approximate surface area is 194 Å². The van der Waals surface area contributed by atoms with E-state index in [1.54, 1.807) is 11.8 Å². The van der Waals surface area contributed by atoms with Crippen LogP contribution in [0.1, 0.15) is 62.3 Å². The average molecular weight is 453 g/mol. The fourth-order valence-corrected chi connectivity index (χ4v) is 4.12. The molecule has 33 heavy (non-hydrogen) atoms. The zero-order chi connectivity index (χ0) is 23.8. The normalized spacial score (nSPS) is 16.7. The predicted molar refractivity (Wildman–Crippen MR) is 124 cm³/mol. The molecule has 2 aromatic rings. The molecule has 0 bridgehead atoms. The first kappa shape index (κ1) is 23.0. The van der Waals surface area contributed by atoms with Gasteiger partial charge in [-0.3, -0.25) is 14.2 Å². The van der Waals surface area contributed by atoms with Crippen molar-refractivity contribution in [3.05, 3.63) is 63.3 Å². The van der Waals surface area contributed by atoms with Crippen LogP contribution in [-0.2, 0) is 22.5 Å². The van der Waals surface area contributed by atoms with Gasteiger partial charge in [0.2, 0.25) is 5.91 Å². The summed E-state index contributed by atoms with van der Waals surface area (Å²) in [4.78, 5) is 45.6. The third-order valence-electron chi connectivity index (χ3n) is 5.98. The quantitative estimate of drug-likeness (QED) is 0.753. The molecule has 8 nitrogen and oxygen atoms in total. The molecule has 1 aromatic heterocycles. The van der Waals surface area contributed by atoms with Crippen LogP contribution in [0.15, 0.2) is 35.1 Å². The van der Waals surface area contributed by atoms with E-state index in [4.69, 9.17) is 4.74 Å². The van der Waals surface area contributed by atoms with Crippen LogP contribution < -0.4 is 10.9 Å². The van der Waals surface area contributed by atoms with Crippen LogP contribution in [-0.4, -0.2) is 45.1 Å². The van der Waals surface area contributed by atoms with E-state index in [1.807, 2.05) is 51.1 Å². The molecule has 1 unspecified atom stereocenters. The van der Waals surface area contributed by atoms with Crippen molar-refractivity contribution in [2.75, 3.05) is 13.1 Å². The van der Waals surface area contributed by atoms with Gasteiger partial charge in [0.25, 0.3) is 5.56 Å². The Kier molecular flexibility index (Phi) is 6.28. The van der Waals surface area contributed by atoms with Gasteiger partial charge in [0.05, 0.1) is 12.2 Å². The number of hydrogen-bond acceptors (Lipinski definition) is 5. The third kappa shape index (κ3) is 5.26. The lowest BCUT2D eigenvalue weighted by atomic mass is 10.0. The Morgan fingerprint density at radius 1 is 1.21 bits per heavy atom. The number of carbonyl (C=O) groups is 2. The molecule has 0 saturated heterocycles. The second kappa shape index (κ2) is 9.00. The number of ether oxygens (including phenoxy) is 1. The number of aromatic nitrogens is 2. The van der Waals surface area contributed by atoms with Gasteiger partial charge < -0.3 is 15.0 Å². The zero-order valence-electron chi connectivity index (χ0n) is 19.8. The van der Waals surface area contributed by atoms with Crippen molar-refractivity contribution >= 4 is 12.0 Å². The van der Waals surface area contributed by atoms with Crippen LogP contribution in [0.25, 0.3) is 0 Å². The molecule has 1 aromatic carbocycles. The lowest BCUT2D eigenvalue weighted by molar-refractivity contribution is -0.123. The van der Waals surface area contributed by atoms with Gasteiger partial charge in [0.1, 0.15) is 17.5 Å². The minimum Gasteiger partial charge on any atom is -0.444 e. The van der Waals surface area contributed by atoms with Crippen LogP contribution in [0.4, 0.5) is 4.79 Å². The molecule has 2 amide bonds. The molecule has 0 spiro atoms. The number of benzene rings is 1. The fraction of sp³-hybridized carbons (Fsp3) is 0.520. The number of nitrogens with zero attached hydrogens (tertiary/aromatic N) is 3. The molecule has 2 aliphatic rings. The van der Waals surface area contributed by atoms with Crippen molar-refractivity contribution in [2.45, 2.75) is 65.1 Å². The lowest BCUT2D eigenvalue weighted by Gasteiger charge is -2.31. The Hall–Kier alpha value is -3.16. The Balaban J connectivity index is 1.66. The number of fused-ring (bicyclic) bond motifs is 1. The third-order valence-corrected chi connectivity index (χ3v) is 5.98. The van der Waals surface area contributed by atoms with Crippen molar-refractivity contribution in [3.8, 4) is 0 Å². The second-order valence-corrected chi connectivity index (χ2v) is 9.91. The summed E-state index contributed by atoms with van der Waals surface area (Å²) in [5.41, 5.74) is 1.04. The van der Waals surface area contributed by atoms with Crippen LogP contribution >= 0.6 is 0 Å². The van der Waals surface area contributed by atoms with E-state index in [2.05, 4.69) is 10.3 Å². The van der Waals surface area contributed by atoms with Crippen molar-refractivity contribution in [1.82, 2.24) is 19.8 Å². The van der Waals surface area contributed by atoms with Crippen molar-refractivity contribution in [1.29, 1.82) is 0 Å². The van der Waals surface area contributed by atoms with Crippen LogP contribution in [0.2, 0.25) is 0 Å². The summed E-state index contributed by atoms with van der Waals surface area (Å²) in [7, 11) is 0. The van der Waals surface area contributed by atoms with Crippen molar-refractivity contribution in [2.24, 2.45) is 5.92 Å². The highest BCUT2D eigenvalue weighted by Gasteiger charge is 2.32. The first-order chi connectivity index (χ1) is 15.6. The minimum atomic E-state index is -0.792. The SMILES string of the molecule is Cc1nc2c(c(=O)n1C(C(=O)NCC1CC1)c1ccccc1)CCN(C(=O)OC(C)(C)C)C2. The molecule has 1 saturated carbocycles. The molecule has 0 radical (unpaired) electrons. The van der Waals surface area contributed by atoms with Gasteiger partial charge in [-0.1, -0.05) is 30.3 Å². The molecule has 8 heteroatoms. The standard InChI is InChI=1S/C25H32N4O4/c1-16-27-20-15-28(24(32)33-25(2,3)4)13-12-19(20)23(31)29(16)21(18-8-6-5-7-9-18)22(30)26-14-17-10-11-17/h5-9,17,21H,10-15H2,1-4H3,(H,26,30). The van der Waals surface area contributed by atoms with Gasteiger partial charge in [-0.15, -0.1) is 0 Å². The highest BCUT2D eigenvalue weighted by atomic mass is 16.6. The van der Waals surface area contributed by atoms with E-state index in [9.17, 15) is 14.4 Å². The minimum absolute atomic E-state index is 0.203. The van der Waals surface area contributed by atoms with Crippen LogP contribution in [0, 0.1) is 12.8 Å². The summed E-state index contributed by atoms with van der Waals surface area (Å²) in [5, 5.41) is 3.02. The Bertz CT molecular complexity index is 1100. The summed E-state index contributed by atoms with van der Waals surface area (Å²) in [5.74, 6) is 0.773. The molecule has 1 N–H and O–H groups in total. The van der Waals surface area contributed by atoms with Gasteiger partial charge in [-0.25, -0.2) is 9.78 Å². The zero-order valence-corrected chi connectivity index (χ0v) is 19.8. The largest absolute Gasteiger partial charge is 0.444 e. The second-order valence-electron chi connectivity index (χ2n) is 9.91. The van der Waals surface area contributed by atoms with Crippen LogP contribution in [0.3, 0.4) is 0 Å². The number of nitrogens with one attached hydrogen (secondary N) is 1. The van der Waals surface area contributed by atoms with E-state index in [-0.39, 0.29) is 18.0 Å². The van der Waals surface area contributed by atoms with Gasteiger partial charge in [-0.2, -0.15) is 0 Å². The molecule has 1 aliphatic heterocycles. The maximum Gasteiger partial charge on any atom is 0.410 e. The van der Waals surface area contributed by atoms with Gasteiger partial charge in [0, 0.05) is 18.7 Å². The summed E-state index contributed by atoms with van der Waals surface area (Å²) >= 11 is 0. The van der Waals surface area contributed by atoms with Crippen molar-refractivity contribution in [3.63, 3.8) is 0 Å². The van der Waals surface area contributed by atoms with Crippen molar-refractivity contribution < 1.29 is 14.3 Å². The average Bonchev–Trinajstić information content (AvgIpc) is 3.58. The Morgan fingerprint density at radius 3 is 2.55 bits per heavy atom. The summed E-state index contributed by atoms with van der Waals surface area (Å²) in [6, 6.07) is 8.53. The van der Waals surface area contributed by atoms with Gasteiger partial charge in [-0.05, 0) is 58.4 Å². The first-order valence-electron chi connectivity index (χ1n) is 11.6. The molecule has 4 rings (SSSR count). The summed E-state index contributed by atoms with van der Waals surface area (Å²) < 4.78 is 6.98. The molecular formula is C25H32N4O4. The maximum atomic E-state index is 13.6. The molecule has 2 heterocycles. The maximum absolute atomic E-state index is 13.6. The predicted octanol–water partition coefficient (Wildman–Crippen LogP) is 2.96. The smallest absolute Gasteiger partial charge is 0.410 e. The molecule has 1 atom stereocenters. The number of amides is 2. The molecular weight excluding hydrogens is 420 g/mol. The molecule has 1 aliphatic carbocycles. The number of rotatable bonds is 5.